The van der Waals surface area contributed by atoms with E-state index in [1.165, 1.54) is 17.7 Å². The highest BCUT2D eigenvalue weighted by atomic mass is 32.1. The summed E-state index contributed by atoms with van der Waals surface area (Å²) in [6.45, 7) is 2.07. The summed E-state index contributed by atoms with van der Waals surface area (Å²) < 4.78 is 0. The van der Waals surface area contributed by atoms with Gasteiger partial charge in [-0.25, -0.2) is 4.98 Å². The Hall–Kier alpha value is -0.900. The molecule has 0 aliphatic heterocycles. The van der Waals surface area contributed by atoms with Crippen LogP contribution >= 0.6 is 11.3 Å². The molecule has 0 saturated heterocycles. The van der Waals surface area contributed by atoms with Crippen LogP contribution in [0.3, 0.4) is 0 Å². The molecular weight excluding hydrogens is 208 g/mol. The molecule has 0 unspecified atom stereocenters. The number of carbonyl (C=O) groups is 1. The molecule has 1 aliphatic carbocycles. The Morgan fingerprint density at radius 1 is 1.67 bits per heavy atom. The molecule has 0 bridgehead atoms. The van der Waals surface area contributed by atoms with Gasteiger partial charge < -0.3 is 0 Å². The van der Waals surface area contributed by atoms with Crippen molar-refractivity contribution in [3.8, 4) is 0 Å². The Morgan fingerprint density at radius 2 is 2.47 bits per heavy atom. The van der Waals surface area contributed by atoms with E-state index < -0.39 is 0 Å². The molecule has 0 aromatic carbocycles. The van der Waals surface area contributed by atoms with E-state index in [0.717, 1.165) is 12.8 Å². The van der Waals surface area contributed by atoms with Crippen molar-refractivity contribution < 1.29 is 4.79 Å². The number of amides is 1. The maximum absolute atomic E-state index is 11.4. The number of aromatic nitrogens is 1. The van der Waals surface area contributed by atoms with Gasteiger partial charge in [0.15, 0.2) is 0 Å². The van der Waals surface area contributed by atoms with Crippen molar-refractivity contribution in [3.63, 3.8) is 0 Å². The first-order valence-corrected chi connectivity index (χ1v) is 6.31. The monoisotopic (exact) mass is 223 g/mol. The second kappa shape index (κ2) is 4.75. The Morgan fingerprint density at radius 3 is 3.13 bits per heavy atom. The first-order chi connectivity index (χ1) is 7.29. The molecule has 1 saturated carbocycles. The van der Waals surface area contributed by atoms with Gasteiger partial charge >= 0.3 is 0 Å². The van der Waals surface area contributed by atoms with Crippen LogP contribution in [-0.4, -0.2) is 10.9 Å². The van der Waals surface area contributed by atoms with E-state index >= 15 is 0 Å². The summed E-state index contributed by atoms with van der Waals surface area (Å²) >= 11 is 1.57. The summed E-state index contributed by atoms with van der Waals surface area (Å²) in [5, 5.41) is 4.63. The summed E-state index contributed by atoms with van der Waals surface area (Å²) in [6.07, 6.45) is 6.91. The second-order valence-corrected chi connectivity index (χ2v) is 4.97. The van der Waals surface area contributed by atoms with Crippen molar-refractivity contribution >= 4 is 22.4 Å². The van der Waals surface area contributed by atoms with Crippen molar-refractivity contribution in [2.45, 2.75) is 44.9 Å². The highest BCUT2D eigenvalue weighted by Gasteiger charge is 2.26. The number of hydrogen-bond acceptors (Lipinski definition) is 3. The zero-order valence-electron chi connectivity index (χ0n) is 8.90. The number of hydrogen-bond donors (Lipinski definition) is 0. The van der Waals surface area contributed by atoms with Crippen LogP contribution in [0, 0.1) is 0 Å². The van der Waals surface area contributed by atoms with Gasteiger partial charge in [-0.3, -0.25) is 4.79 Å². The minimum atomic E-state index is -0.0338. The lowest BCUT2D eigenvalue weighted by Crippen LogP contribution is -2.09. The van der Waals surface area contributed by atoms with Crippen LogP contribution in [0.25, 0.3) is 0 Å². The summed E-state index contributed by atoms with van der Waals surface area (Å²) in [6, 6.07) is 0. The lowest BCUT2D eigenvalue weighted by atomic mass is 10.2. The van der Waals surface area contributed by atoms with Crippen LogP contribution in [0.1, 0.15) is 49.8 Å². The average Bonchev–Trinajstić information content (AvgIpc) is 2.98. The van der Waals surface area contributed by atoms with Crippen LogP contribution in [-0.2, 0) is 4.79 Å². The fourth-order valence-corrected chi connectivity index (χ4v) is 2.35. The van der Waals surface area contributed by atoms with Crippen molar-refractivity contribution in [2.24, 2.45) is 0 Å². The van der Waals surface area contributed by atoms with E-state index in [1.807, 2.05) is 6.20 Å². The Kier molecular flexibility index (Phi) is 3.36. The Balaban J connectivity index is 1.84. The lowest BCUT2D eigenvalue weighted by Gasteiger charge is -1.95. The summed E-state index contributed by atoms with van der Waals surface area (Å²) in [5.41, 5.74) is 0. The number of unbranched alkanes of at least 4 members (excludes halogenated alkanes) is 1. The van der Waals surface area contributed by atoms with Gasteiger partial charge in [-0.2, -0.15) is 5.32 Å². The molecule has 1 fully saturated rings. The highest BCUT2D eigenvalue weighted by Crippen LogP contribution is 2.43. The van der Waals surface area contributed by atoms with Crippen molar-refractivity contribution in [3.05, 3.63) is 11.1 Å². The summed E-state index contributed by atoms with van der Waals surface area (Å²) in [5.74, 6) is 0.672. The van der Waals surface area contributed by atoms with Crippen LogP contribution in [0.4, 0.5) is 5.13 Å². The standard InChI is InChI=1S/C11H15N2OS/c1-2-3-4-10(14)13-11-12-7-9(15-11)8-5-6-8/h7-8H,2-6H2,1H3. The van der Waals surface area contributed by atoms with Gasteiger partial charge in [0.05, 0.1) is 0 Å². The molecule has 1 aromatic rings. The normalized spacial score (nSPS) is 15.3. The predicted octanol–water partition coefficient (Wildman–Crippen LogP) is 2.97. The Bertz CT molecular complexity index is 344. The highest BCUT2D eigenvalue weighted by molar-refractivity contribution is 7.15. The van der Waals surface area contributed by atoms with Gasteiger partial charge in [0.1, 0.15) is 0 Å². The fourth-order valence-electron chi connectivity index (χ4n) is 1.38. The smallest absolute Gasteiger partial charge is 0.248 e. The van der Waals surface area contributed by atoms with E-state index in [0.29, 0.717) is 17.5 Å². The maximum Gasteiger partial charge on any atom is 0.248 e. The van der Waals surface area contributed by atoms with Gasteiger partial charge in [0.2, 0.25) is 11.0 Å². The summed E-state index contributed by atoms with van der Waals surface area (Å²) in [7, 11) is 0. The predicted molar refractivity (Wildman–Crippen MR) is 60.4 cm³/mol. The maximum atomic E-state index is 11.4. The SMILES string of the molecule is CCCCC(=O)[N]c1ncc(C2CC2)s1. The van der Waals surface area contributed by atoms with Crippen LogP contribution < -0.4 is 5.32 Å². The zero-order valence-corrected chi connectivity index (χ0v) is 9.72. The molecule has 3 nitrogen and oxygen atoms in total. The molecule has 2 rings (SSSR count). The first-order valence-electron chi connectivity index (χ1n) is 5.50. The van der Waals surface area contributed by atoms with E-state index in [9.17, 15) is 4.79 Å². The number of nitrogens with zero attached hydrogens (tertiary/aromatic N) is 2. The van der Waals surface area contributed by atoms with E-state index in [1.54, 1.807) is 11.3 Å². The minimum absolute atomic E-state index is 0.0338. The molecular formula is C11H15N2OS. The average molecular weight is 223 g/mol. The second-order valence-electron chi connectivity index (χ2n) is 3.93. The van der Waals surface area contributed by atoms with Crippen LogP contribution in [0.15, 0.2) is 6.20 Å². The van der Waals surface area contributed by atoms with Crippen LogP contribution in [0.2, 0.25) is 0 Å². The molecule has 1 aliphatic rings. The molecule has 15 heavy (non-hydrogen) atoms. The number of rotatable bonds is 5. The fraction of sp³-hybridized carbons (Fsp3) is 0.636. The molecule has 1 amide bonds. The quantitative estimate of drug-likeness (QED) is 0.770. The van der Waals surface area contributed by atoms with Gasteiger partial charge in [-0.15, -0.1) is 0 Å². The van der Waals surface area contributed by atoms with Gasteiger partial charge in [0, 0.05) is 17.5 Å². The third-order valence-corrected chi connectivity index (χ3v) is 3.51. The van der Waals surface area contributed by atoms with Gasteiger partial charge in [-0.1, -0.05) is 24.7 Å². The lowest BCUT2D eigenvalue weighted by molar-refractivity contribution is -0.120. The van der Waals surface area contributed by atoms with Crippen molar-refractivity contribution in [1.82, 2.24) is 10.3 Å². The van der Waals surface area contributed by atoms with Crippen LogP contribution in [0.5, 0.6) is 0 Å². The molecule has 1 radical (unpaired) electrons. The number of thiazole rings is 1. The molecule has 0 spiro atoms. The molecule has 81 valence electrons. The summed E-state index contributed by atoms with van der Waals surface area (Å²) in [4.78, 5) is 16.8. The van der Waals surface area contributed by atoms with E-state index in [-0.39, 0.29) is 5.91 Å². The third-order valence-electron chi connectivity index (χ3n) is 2.46. The molecule has 0 atom stereocenters. The third kappa shape index (κ3) is 3.02. The van der Waals surface area contributed by atoms with Crippen molar-refractivity contribution in [2.75, 3.05) is 0 Å². The first kappa shape index (κ1) is 10.6. The molecule has 1 heterocycles. The Labute approximate surface area is 93.9 Å². The number of carbonyl (C=O) groups excluding carboxylic acids is 1. The van der Waals surface area contributed by atoms with Gasteiger partial charge in [0.25, 0.3) is 0 Å². The molecule has 0 N–H and O–H groups in total. The zero-order chi connectivity index (χ0) is 10.7. The molecule has 1 aromatic heterocycles. The topological polar surface area (TPSA) is 44.1 Å². The minimum Gasteiger partial charge on any atom is -0.273 e. The van der Waals surface area contributed by atoms with E-state index in [4.69, 9.17) is 0 Å². The van der Waals surface area contributed by atoms with E-state index in [2.05, 4.69) is 17.2 Å². The molecule has 4 heteroatoms. The van der Waals surface area contributed by atoms with Crippen molar-refractivity contribution in [1.29, 1.82) is 0 Å². The van der Waals surface area contributed by atoms with Gasteiger partial charge in [-0.05, 0) is 25.2 Å². The largest absolute Gasteiger partial charge is 0.273 e.